The Morgan fingerprint density at radius 2 is 1.77 bits per heavy atom. The SMILES string of the molecule is CC(C)c1nc2ccccc2n1-c1nc(N2CCOCC2)c2nc(C=C3CN(C(=O)OC(C)(C)C)C3)n(C)c2n1. The number of benzene rings is 1. The lowest BCUT2D eigenvalue weighted by Gasteiger charge is -2.35. The van der Waals surface area contributed by atoms with Crippen molar-refractivity contribution in [3.8, 4) is 5.95 Å². The largest absolute Gasteiger partial charge is 0.444 e. The molecule has 0 spiro atoms. The lowest BCUT2D eigenvalue weighted by molar-refractivity contribution is 0.0216. The van der Waals surface area contributed by atoms with Gasteiger partial charge in [0.25, 0.3) is 0 Å². The van der Waals surface area contributed by atoms with Crippen LogP contribution < -0.4 is 4.90 Å². The van der Waals surface area contributed by atoms with Crippen molar-refractivity contribution in [2.75, 3.05) is 44.3 Å². The maximum atomic E-state index is 12.4. The summed E-state index contributed by atoms with van der Waals surface area (Å²) in [5.41, 5.74) is 3.97. The lowest BCUT2D eigenvalue weighted by atomic mass is 10.1. The van der Waals surface area contributed by atoms with Gasteiger partial charge in [-0.15, -0.1) is 0 Å². The lowest BCUT2D eigenvalue weighted by Crippen LogP contribution is -2.46. The number of ether oxygens (including phenoxy) is 2. The summed E-state index contributed by atoms with van der Waals surface area (Å²) in [5.74, 6) is 3.23. The fraction of sp³-hybridized carbons (Fsp3) is 0.483. The highest BCUT2D eigenvalue weighted by Gasteiger charge is 2.30. The number of rotatable bonds is 4. The van der Waals surface area contributed by atoms with E-state index in [1.165, 1.54) is 0 Å². The molecule has 0 N–H and O–H groups in total. The van der Waals surface area contributed by atoms with Gasteiger partial charge in [-0.25, -0.2) is 14.8 Å². The molecule has 0 aliphatic carbocycles. The Morgan fingerprint density at radius 3 is 2.48 bits per heavy atom. The highest BCUT2D eigenvalue weighted by atomic mass is 16.6. The van der Waals surface area contributed by atoms with Crippen molar-refractivity contribution < 1.29 is 14.3 Å². The average molecular weight is 545 g/mol. The first kappa shape index (κ1) is 26.2. The van der Waals surface area contributed by atoms with Gasteiger partial charge in [0.2, 0.25) is 5.95 Å². The van der Waals surface area contributed by atoms with E-state index in [1.807, 2.05) is 56.7 Å². The second kappa shape index (κ2) is 9.88. The number of para-hydroxylation sites is 2. The van der Waals surface area contributed by atoms with Crippen molar-refractivity contribution in [1.82, 2.24) is 34.0 Å². The van der Waals surface area contributed by atoms with Crippen molar-refractivity contribution in [3.63, 3.8) is 0 Å². The van der Waals surface area contributed by atoms with Crippen LogP contribution in [0.3, 0.4) is 0 Å². The molecule has 40 heavy (non-hydrogen) atoms. The molecule has 210 valence electrons. The first-order chi connectivity index (χ1) is 19.1. The standard InChI is InChI=1S/C29H36N8O3/c1-18(2)24-30-20-9-7-8-10-21(20)37(24)27-32-25-23(26(33-27)35-11-13-39-14-12-35)31-22(34(25)6)15-19-16-36(17-19)28(38)40-29(3,4)5/h7-10,15,18H,11-14,16-17H2,1-6H3. The van der Waals surface area contributed by atoms with Crippen LogP contribution in [-0.4, -0.2) is 85.1 Å². The van der Waals surface area contributed by atoms with Crippen LogP contribution in [0.25, 0.3) is 34.2 Å². The molecule has 0 atom stereocenters. The minimum absolute atomic E-state index is 0.178. The second-order valence-electron chi connectivity index (χ2n) is 11.7. The van der Waals surface area contributed by atoms with Gasteiger partial charge in [0.1, 0.15) is 17.2 Å². The minimum Gasteiger partial charge on any atom is -0.444 e. The Hall–Kier alpha value is -3.99. The third-order valence-corrected chi connectivity index (χ3v) is 7.11. The zero-order chi connectivity index (χ0) is 28.2. The number of likely N-dealkylation sites (tertiary alicyclic amines) is 1. The summed E-state index contributed by atoms with van der Waals surface area (Å²) in [4.78, 5) is 36.4. The van der Waals surface area contributed by atoms with Gasteiger partial charge in [0.05, 0.1) is 24.2 Å². The van der Waals surface area contributed by atoms with Crippen LogP contribution in [0.15, 0.2) is 29.8 Å². The van der Waals surface area contributed by atoms with Crippen LogP contribution >= 0.6 is 0 Å². The summed E-state index contributed by atoms with van der Waals surface area (Å²) in [6.07, 6.45) is 1.74. The summed E-state index contributed by atoms with van der Waals surface area (Å²) in [5, 5.41) is 0. The first-order valence-corrected chi connectivity index (χ1v) is 13.8. The number of nitrogens with zero attached hydrogens (tertiary/aromatic N) is 8. The molecule has 6 rings (SSSR count). The summed E-state index contributed by atoms with van der Waals surface area (Å²) in [6.45, 7) is 13.6. The minimum atomic E-state index is -0.518. The molecule has 4 aromatic rings. The molecule has 11 heteroatoms. The molecule has 2 fully saturated rings. The predicted molar refractivity (Wildman–Crippen MR) is 154 cm³/mol. The first-order valence-electron chi connectivity index (χ1n) is 13.8. The van der Waals surface area contributed by atoms with Crippen LogP contribution in [0, 0.1) is 0 Å². The normalized spacial score (nSPS) is 16.2. The molecule has 0 saturated carbocycles. The Bertz CT molecular complexity index is 1610. The number of amides is 1. The van der Waals surface area contributed by atoms with Gasteiger partial charge < -0.3 is 23.8 Å². The number of anilines is 1. The fourth-order valence-electron chi connectivity index (χ4n) is 5.09. The van der Waals surface area contributed by atoms with Gasteiger partial charge >= 0.3 is 6.09 Å². The average Bonchev–Trinajstić information content (AvgIpc) is 3.43. The number of aromatic nitrogens is 6. The van der Waals surface area contributed by atoms with E-state index < -0.39 is 5.60 Å². The van der Waals surface area contributed by atoms with Gasteiger partial charge in [0, 0.05) is 39.1 Å². The van der Waals surface area contributed by atoms with Gasteiger partial charge in [-0.1, -0.05) is 26.0 Å². The van der Waals surface area contributed by atoms with E-state index in [0.717, 1.165) is 58.3 Å². The summed E-state index contributed by atoms with van der Waals surface area (Å²) in [7, 11) is 1.97. The van der Waals surface area contributed by atoms with E-state index in [0.29, 0.717) is 32.3 Å². The number of carbonyl (C=O) groups excluding carboxylic acids is 1. The molecule has 2 saturated heterocycles. The fourth-order valence-corrected chi connectivity index (χ4v) is 5.09. The summed E-state index contributed by atoms with van der Waals surface area (Å²) < 4.78 is 15.2. The van der Waals surface area contributed by atoms with E-state index in [2.05, 4.69) is 29.4 Å². The zero-order valence-corrected chi connectivity index (χ0v) is 24.0. The Kier molecular flexibility index (Phi) is 6.48. The van der Waals surface area contributed by atoms with E-state index in [9.17, 15) is 4.79 Å². The van der Waals surface area contributed by atoms with Crippen molar-refractivity contribution in [3.05, 3.63) is 41.5 Å². The van der Waals surface area contributed by atoms with Crippen LogP contribution in [0.2, 0.25) is 0 Å². The molecular formula is C29H36N8O3. The number of aryl methyl sites for hydroxylation is 1. The maximum Gasteiger partial charge on any atom is 0.410 e. The smallest absolute Gasteiger partial charge is 0.410 e. The monoisotopic (exact) mass is 544 g/mol. The molecule has 2 aliphatic rings. The van der Waals surface area contributed by atoms with E-state index in [1.54, 1.807) is 4.90 Å². The number of morpholine rings is 1. The van der Waals surface area contributed by atoms with E-state index >= 15 is 0 Å². The quantitative estimate of drug-likeness (QED) is 0.375. The predicted octanol–water partition coefficient (Wildman–Crippen LogP) is 4.30. The van der Waals surface area contributed by atoms with Gasteiger partial charge in [-0.2, -0.15) is 9.97 Å². The molecule has 2 aliphatic heterocycles. The number of carbonyl (C=O) groups is 1. The summed E-state index contributed by atoms with van der Waals surface area (Å²) >= 11 is 0. The highest BCUT2D eigenvalue weighted by molar-refractivity contribution is 5.87. The van der Waals surface area contributed by atoms with Gasteiger partial charge in [-0.05, 0) is 44.6 Å². The van der Waals surface area contributed by atoms with Crippen molar-refractivity contribution in [1.29, 1.82) is 0 Å². The molecule has 5 heterocycles. The third-order valence-electron chi connectivity index (χ3n) is 7.11. The number of fused-ring (bicyclic) bond motifs is 2. The van der Waals surface area contributed by atoms with Crippen LogP contribution in [0.1, 0.15) is 52.2 Å². The van der Waals surface area contributed by atoms with Crippen LogP contribution in [0.5, 0.6) is 0 Å². The molecular weight excluding hydrogens is 508 g/mol. The van der Waals surface area contributed by atoms with Gasteiger partial charge in [-0.3, -0.25) is 4.57 Å². The Morgan fingerprint density at radius 1 is 1.05 bits per heavy atom. The van der Waals surface area contributed by atoms with Gasteiger partial charge in [0.15, 0.2) is 17.0 Å². The second-order valence-corrected chi connectivity index (χ2v) is 11.7. The molecule has 11 nitrogen and oxygen atoms in total. The zero-order valence-electron chi connectivity index (χ0n) is 24.0. The highest BCUT2D eigenvalue weighted by Crippen LogP contribution is 2.31. The molecule has 1 aromatic carbocycles. The van der Waals surface area contributed by atoms with Crippen LogP contribution in [-0.2, 0) is 16.5 Å². The Balaban J connectivity index is 1.43. The Labute approximate surface area is 233 Å². The number of hydrogen-bond donors (Lipinski definition) is 0. The van der Waals surface area contributed by atoms with Crippen LogP contribution in [0.4, 0.5) is 10.6 Å². The molecule has 0 radical (unpaired) electrons. The molecule has 1 amide bonds. The van der Waals surface area contributed by atoms with E-state index in [4.69, 9.17) is 29.4 Å². The van der Waals surface area contributed by atoms with E-state index in [-0.39, 0.29) is 12.0 Å². The molecule has 0 bridgehead atoms. The summed E-state index contributed by atoms with van der Waals surface area (Å²) in [6, 6.07) is 8.09. The number of imidazole rings is 2. The van der Waals surface area contributed by atoms with Crippen molar-refractivity contribution >= 4 is 40.2 Å². The number of hydrogen-bond acceptors (Lipinski definition) is 8. The van der Waals surface area contributed by atoms with Crippen molar-refractivity contribution in [2.45, 2.75) is 46.1 Å². The molecule has 0 unspecified atom stereocenters. The topological polar surface area (TPSA) is 103 Å². The van der Waals surface area contributed by atoms with Crippen molar-refractivity contribution in [2.24, 2.45) is 7.05 Å². The maximum absolute atomic E-state index is 12.4. The molecule has 3 aromatic heterocycles. The third kappa shape index (κ3) is 4.78.